The second kappa shape index (κ2) is 7.40. The summed E-state index contributed by atoms with van der Waals surface area (Å²) in [6.07, 6.45) is -3.66. The van der Waals surface area contributed by atoms with Gasteiger partial charge >= 0.3 is 5.97 Å². The maximum atomic E-state index is 11.6. The highest BCUT2D eigenvalue weighted by molar-refractivity contribution is 5.66. The second-order valence-electron chi connectivity index (χ2n) is 6.66. The average Bonchev–Trinajstić information content (AvgIpc) is 2.92. The molecule has 2 heterocycles. The van der Waals surface area contributed by atoms with Crippen LogP contribution in [0.5, 0.6) is 11.5 Å². The molecule has 1 aromatic rings. The van der Waals surface area contributed by atoms with Gasteiger partial charge in [-0.1, -0.05) is 0 Å². The average molecular weight is 368 g/mol. The standard InChI is InChI=1S/C18H24O8/c1-10(20)22-16-15-14(25-18(2,3)26-15)13(9-19)24-17(16)23-12-7-5-11(21-4)6-8-12/h5-8,13-17,19H,9H2,1-4H3/t13-,14+,15+,16-,17-/m1/s1. The number of carbonyl (C=O) groups excluding carboxylic acids is 1. The van der Waals surface area contributed by atoms with E-state index in [2.05, 4.69) is 0 Å². The summed E-state index contributed by atoms with van der Waals surface area (Å²) in [5, 5.41) is 9.69. The van der Waals surface area contributed by atoms with Crippen LogP contribution in [0, 0.1) is 0 Å². The zero-order chi connectivity index (χ0) is 18.9. The van der Waals surface area contributed by atoms with Crippen molar-refractivity contribution in [1.82, 2.24) is 0 Å². The van der Waals surface area contributed by atoms with Gasteiger partial charge in [0.2, 0.25) is 6.29 Å². The topological polar surface area (TPSA) is 92.7 Å². The van der Waals surface area contributed by atoms with E-state index in [1.165, 1.54) is 6.92 Å². The molecule has 0 amide bonds. The summed E-state index contributed by atoms with van der Waals surface area (Å²) in [6, 6.07) is 6.90. The molecular weight excluding hydrogens is 344 g/mol. The van der Waals surface area contributed by atoms with E-state index in [-0.39, 0.29) is 6.61 Å². The first-order chi connectivity index (χ1) is 12.3. The second-order valence-corrected chi connectivity index (χ2v) is 6.66. The van der Waals surface area contributed by atoms with Crippen LogP contribution in [-0.2, 0) is 23.7 Å². The van der Waals surface area contributed by atoms with E-state index >= 15 is 0 Å². The number of aliphatic hydroxyl groups excluding tert-OH is 1. The minimum Gasteiger partial charge on any atom is -0.497 e. The Balaban J connectivity index is 1.84. The Morgan fingerprint density at radius 3 is 2.35 bits per heavy atom. The van der Waals surface area contributed by atoms with Gasteiger partial charge in [-0.15, -0.1) is 0 Å². The van der Waals surface area contributed by atoms with E-state index in [9.17, 15) is 9.90 Å². The van der Waals surface area contributed by atoms with Crippen LogP contribution in [0.25, 0.3) is 0 Å². The normalized spacial score (nSPS) is 32.6. The molecule has 0 radical (unpaired) electrons. The molecule has 2 aliphatic heterocycles. The summed E-state index contributed by atoms with van der Waals surface area (Å²) >= 11 is 0. The molecule has 0 saturated carbocycles. The number of rotatable bonds is 5. The van der Waals surface area contributed by atoms with Crippen LogP contribution in [0.2, 0.25) is 0 Å². The van der Waals surface area contributed by atoms with Gasteiger partial charge in [-0.2, -0.15) is 0 Å². The van der Waals surface area contributed by atoms with E-state index in [1.807, 2.05) is 0 Å². The third kappa shape index (κ3) is 3.93. The number of fused-ring (bicyclic) bond motifs is 1. The fourth-order valence-electron chi connectivity index (χ4n) is 3.19. The fraction of sp³-hybridized carbons (Fsp3) is 0.611. The molecule has 3 rings (SSSR count). The first kappa shape index (κ1) is 18.9. The predicted molar refractivity (Wildman–Crippen MR) is 88.7 cm³/mol. The molecule has 8 nitrogen and oxygen atoms in total. The maximum absolute atomic E-state index is 11.6. The van der Waals surface area contributed by atoms with E-state index in [4.69, 9.17) is 28.4 Å². The molecule has 1 aromatic carbocycles. The largest absolute Gasteiger partial charge is 0.497 e. The Labute approximate surface area is 151 Å². The first-order valence-corrected chi connectivity index (χ1v) is 8.43. The Morgan fingerprint density at radius 1 is 1.15 bits per heavy atom. The summed E-state index contributed by atoms with van der Waals surface area (Å²) in [7, 11) is 1.57. The molecule has 2 fully saturated rings. The third-order valence-electron chi connectivity index (χ3n) is 4.22. The Hall–Kier alpha value is -1.87. The molecule has 0 aromatic heterocycles. The van der Waals surface area contributed by atoms with Crippen LogP contribution >= 0.6 is 0 Å². The van der Waals surface area contributed by atoms with Gasteiger partial charge in [0.1, 0.15) is 29.8 Å². The van der Waals surface area contributed by atoms with E-state index in [0.29, 0.717) is 11.5 Å². The van der Waals surface area contributed by atoms with Crippen molar-refractivity contribution in [3.63, 3.8) is 0 Å². The van der Waals surface area contributed by atoms with Gasteiger partial charge in [0, 0.05) is 6.92 Å². The molecule has 0 bridgehead atoms. The molecule has 0 aliphatic carbocycles. The molecule has 1 N–H and O–H groups in total. The van der Waals surface area contributed by atoms with Crippen LogP contribution in [0.4, 0.5) is 0 Å². The molecular formula is C18H24O8. The van der Waals surface area contributed by atoms with Gasteiger partial charge in [-0.3, -0.25) is 4.79 Å². The van der Waals surface area contributed by atoms with Gasteiger partial charge in [-0.05, 0) is 38.1 Å². The van der Waals surface area contributed by atoms with Crippen LogP contribution < -0.4 is 9.47 Å². The van der Waals surface area contributed by atoms with Crippen molar-refractivity contribution in [2.45, 2.75) is 57.3 Å². The van der Waals surface area contributed by atoms with Crippen molar-refractivity contribution in [2.24, 2.45) is 0 Å². The quantitative estimate of drug-likeness (QED) is 0.776. The highest BCUT2D eigenvalue weighted by Gasteiger charge is 2.57. The lowest BCUT2D eigenvalue weighted by atomic mass is 9.99. The number of hydrogen-bond donors (Lipinski definition) is 1. The molecule has 0 unspecified atom stereocenters. The zero-order valence-corrected chi connectivity index (χ0v) is 15.2. The van der Waals surface area contributed by atoms with Crippen molar-refractivity contribution in [1.29, 1.82) is 0 Å². The smallest absolute Gasteiger partial charge is 0.303 e. The molecule has 2 aliphatic rings. The first-order valence-electron chi connectivity index (χ1n) is 8.43. The van der Waals surface area contributed by atoms with Crippen molar-refractivity contribution >= 4 is 5.97 Å². The van der Waals surface area contributed by atoms with E-state index in [1.54, 1.807) is 45.2 Å². The van der Waals surface area contributed by atoms with Gasteiger partial charge in [-0.25, -0.2) is 0 Å². The summed E-state index contributed by atoms with van der Waals surface area (Å²) < 4.78 is 34.0. The van der Waals surface area contributed by atoms with Gasteiger partial charge in [0.15, 0.2) is 11.9 Å². The van der Waals surface area contributed by atoms with Gasteiger partial charge in [0.25, 0.3) is 0 Å². The molecule has 8 heteroatoms. The van der Waals surface area contributed by atoms with Gasteiger partial charge in [0.05, 0.1) is 13.7 Å². The number of aliphatic hydroxyl groups is 1. The third-order valence-corrected chi connectivity index (χ3v) is 4.22. The zero-order valence-electron chi connectivity index (χ0n) is 15.2. The lowest BCUT2D eigenvalue weighted by molar-refractivity contribution is -0.260. The SMILES string of the molecule is COc1ccc(O[C@@H]2O[C@H](CO)[C@@H]3OC(C)(C)O[C@@H]3[C@H]2OC(C)=O)cc1. The van der Waals surface area contributed by atoms with Crippen LogP contribution in [0.15, 0.2) is 24.3 Å². The lowest BCUT2D eigenvalue weighted by Crippen LogP contribution is -2.60. The summed E-state index contributed by atoms with van der Waals surface area (Å²) in [5.41, 5.74) is 0. The minimum absolute atomic E-state index is 0.282. The van der Waals surface area contributed by atoms with E-state index < -0.39 is 42.5 Å². The minimum atomic E-state index is -0.955. The molecule has 0 spiro atoms. The Morgan fingerprint density at radius 2 is 1.77 bits per heavy atom. The number of methoxy groups -OCH3 is 1. The number of carbonyl (C=O) groups is 1. The Bertz CT molecular complexity index is 629. The van der Waals surface area contributed by atoms with Crippen LogP contribution in [0.3, 0.4) is 0 Å². The summed E-state index contributed by atoms with van der Waals surface area (Å²) in [4.78, 5) is 11.6. The van der Waals surface area contributed by atoms with Crippen molar-refractivity contribution in [3.8, 4) is 11.5 Å². The number of hydrogen-bond acceptors (Lipinski definition) is 8. The number of ether oxygens (including phenoxy) is 6. The number of esters is 1. The molecule has 26 heavy (non-hydrogen) atoms. The molecule has 144 valence electrons. The molecule has 2 saturated heterocycles. The van der Waals surface area contributed by atoms with Crippen LogP contribution in [0.1, 0.15) is 20.8 Å². The Kier molecular flexibility index (Phi) is 5.38. The monoisotopic (exact) mass is 368 g/mol. The fourth-order valence-corrected chi connectivity index (χ4v) is 3.19. The highest BCUT2D eigenvalue weighted by Crippen LogP contribution is 2.39. The maximum Gasteiger partial charge on any atom is 0.303 e. The van der Waals surface area contributed by atoms with Gasteiger partial charge < -0.3 is 33.5 Å². The summed E-state index contributed by atoms with van der Waals surface area (Å²) in [6.45, 7) is 4.53. The predicted octanol–water partition coefficient (Wildman–Crippen LogP) is 1.24. The highest BCUT2D eigenvalue weighted by atomic mass is 16.8. The summed E-state index contributed by atoms with van der Waals surface area (Å²) in [5.74, 6) is -0.196. The van der Waals surface area contributed by atoms with Crippen molar-refractivity contribution < 1.29 is 38.3 Å². The van der Waals surface area contributed by atoms with Crippen molar-refractivity contribution in [3.05, 3.63) is 24.3 Å². The molecule has 5 atom stereocenters. The lowest BCUT2D eigenvalue weighted by Gasteiger charge is -2.40. The van der Waals surface area contributed by atoms with E-state index in [0.717, 1.165) is 0 Å². The van der Waals surface area contributed by atoms with Crippen LogP contribution in [-0.4, -0.2) is 61.3 Å². The number of benzene rings is 1. The van der Waals surface area contributed by atoms with Crippen molar-refractivity contribution in [2.75, 3.05) is 13.7 Å².